The van der Waals surface area contributed by atoms with Gasteiger partial charge in [-0.2, -0.15) is 0 Å². The average Bonchev–Trinajstić information content (AvgIpc) is 3.66. The van der Waals surface area contributed by atoms with Gasteiger partial charge in [-0.3, -0.25) is 0 Å². The molecule has 4 heteroatoms. The van der Waals surface area contributed by atoms with E-state index in [1.165, 1.54) is 64.0 Å². The highest BCUT2D eigenvalue weighted by atomic mass is 32.1. The maximum atomic E-state index is 15.7. The molecule has 3 atom stereocenters. The Morgan fingerprint density at radius 2 is 1.23 bits per heavy atom. The molecule has 0 saturated heterocycles. The van der Waals surface area contributed by atoms with Gasteiger partial charge in [0.2, 0.25) is 0 Å². The van der Waals surface area contributed by atoms with Crippen LogP contribution in [0.15, 0.2) is 187 Å². The molecule has 0 fully saturated rings. The highest BCUT2D eigenvalue weighted by Crippen LogP contribution is 2.57. The molecule has 0 saturated carbocycles. The van der Waals surface area contributed by atoms with Crippen LogP contribution in [0.1, 0.15) is 29.8 Å². The van der Waals surface area contributed by atoms with E-state index in [9.17, 15) is 0 Å². The molecule has 11 rings (SSSR count). The largest absolute Gasteiger partial charge is 0.373 e. The first kappa shape index (κ1) is 33.4. The summed E-state index contributed by atoms with van der Waals surface area (Å²) in [5, 5.41) is 15.8. The summed E-state index contributed by atoms with van der Waals surface area (Å²) >= 11 is 1.88. The highest BCUT2D eigenvalue weighted by molar-refractivity contribution is 7.82. The van der Waals surface area contributed by atoms with Crippen LogP contribution in [0.4, 0.5) is 5.69 Å². The number of hydrogen-bond acceptors (Lipinski definition) is 3. The van der Waals surface area contributed by atoms with Gasteiger partial charge in [0, 0.05) is 42.4 Å². The van der Waals surface area contributed by atoms with Gasteiger partial charge in [-0.15, -0.1) is 11.3 Å². The van der Waals surface area contributed by atoms with Gasteiger partial charge in [-0.1, -0.05) is 165 Å². The lowest BCUT2D eigenvalue weighted by Gasteiger charge is -2.30. The quantitative estimate of drug-likeness (QED) is 0.140. The molecule has 3 unspecified atom stereocenters. The average molecular weight is 756 g/mol. The maximum Gasteiger partial charge on any atom is 0.167 e. The molecule has 2 nitrogen and oxygen atoms in total. The SMILES string of the molecule is CC1C=CC=C(P(=O)(c2ccccc2)c2cccc(-c3cccc4c3-c3c(sc5ccccc35)C(c3ccc5c6ccccc6c6ccccc6c5c3)N4)c2)C1. The third-order valence-electron chi connectivity index (χ3n) is 11.9. The third-order valence-corrected chi connectivity index (χ3v) is 16.3. The van der Waals surface area contributed by atoms with E-state index in [-0.39, 0.29) is 6.04 Å². The molecule has 8 aromatic carbocycles. The minimum atomic E-state index is -3.11. The van der Waals surface area contributed by atoms with Crippen LogP contribution >= 0.6 is 18.5 Å². The van der Waals surface area contributed by atoms with Gasteiger partial charge in [-0.05, 0) is 90.9 Å². The fourth-order valence-corrected chi connectivity index (χ4v) is 13.6. The molecule has 1 aliphatic heterocycles. The Kier molecular flexibility index (Phi) is 7.78. The van der Waals surface area contributed by atoms with E-state index < -0.39 is 7.14 Å². The zero-order chi connectivity index (χ0) is 37.4. The molecule has 0 spiro atoms. The molecule has 0 amide bonds. The molecular formula is C52H38NOPS. The van der Waals surface area contributed by atoms with Gasteiger partial charge in [0.25, 0.3) is 0 Å². The predicted molar refractivity (Wildman–Crippen MR) is 241 cm³/mol. The Morgan fingerprint density at radius 3 is 1.98 bits per heavy atom. The van der Waals surface area contributed by atoms with Crippen molar-refractivity contribution in [1.82, 2.24) is 0 Å². The van der Waals surface area contributed by atoms with E-state index in [0.717, 1.165) is 39.2 Å². The van der Waals surface area contributed by atoms with E-state index in [2.05, 4.69) is 164 Å². The first-order chi connectivity index (χ1) is 27.6. The van der Waals surface area contributed by atoms with Crippen LogP contribution in [0.2, 0.25) is 0 Å². The van der Waals surface area contributed by atoms with Crippen LogP contribution in [0.25, 0.3) is 64.7 Å². The van der Waals surface area contributed by atoms with Crippen molar-refractivity contribution in [3.05, 3.63) is 198 Å². The third kappa shape index (κ3) is 5.12. The molecular weight excluding hydrogens is 718 g/mol. The van der Waals surface area contributed by atoms with E-state index in [1.807, 2.05) is 41.7 Å². The molecule has 1 aliphatic carbocycles. The monoisotopic (exact) mass is 755 g/mol. The normalized spacial score (nSPS) is 17.3. The first-order valence-corrected chi connectivity index (χ1v) is 22.0. The first-order valence-electron chi connectivity index (χ1n) is 19.5. The summed E-state index contributed by atoms with van der Waals surface area (Å²) in [7, 11) is -3.11. The van der Waals surface area contributed by atoms with Gasteiger partial charge in [-0.25, -0.2) is 0 Å². The van der Waals surface area contributed by atoms with Crippen molar-refractivity contribution < 1.29 is 4.57 Å². The Labute approximate surface area is 330 Å². The summed E-state index contributed by atoms with van der Waals surface area (Å²) in [4.78, 5) is 1.31. The fourth-order valence-electron chi connectivity index (χ4n) is 9.31. The lowest BCUT2D eigenvalue weighted by atomic mass is 9.85. The fraction of sp³-hybridized carbons (Fsp3) is 0.0769. The Morgan fingerprint density at radius 1 is 0.589 bits per heavy atom. The topological polar surface area (TPSA) is 29.1 Å². The number of anilines is 1. The lowest BCUT2D eigenvalue weighted by Crippen LogP contribution is -2.19. The van der Waals surface area contributed by atoms with E-state index in [1.54, 1.807) is 0 Å². The van der Waals surface area contributed by atoms with Crippen molar-refractivity contribution in [2.24, 2.45) is 5.92 Å². The minimum Gasteiger partial charge on any atom is -0.373 e. The molecule has 0 bridgehead atoms. The Balaban J connectivity index is 1.10. The lowest BCUT2D eigenvalue weighted by molar-refractivity contribution is 0.587. The number of benzene rings is 8. The molecule has 2 aliphatic rings. The van der Waals surface area contributed by atoms with Gasteiger partial charge in [0.1, 0.15) is 0 Å². The van der Waals surface area contributed by atoms with Gasteiger partial charge < -0.3 is 9.88 Å². The number of thiophene rings is 1. The molecule has 268 valence electrons. The van der Waals surface area contributed by atoms with Crippen molar-refractivity contribution in [3.8, 4) is 22.3 Å². The molecule has 1 N–H and O–H groups in total. The number of fused-ring (bicyclic) bond motifs is 11. The van der Waals surface area contributed by atoms with Crippen molar-refractivity contribution >= 4 is 77.2 Å². The predicted octanol–water partition coefficient (Wildman–Crippen LogP) is 14.0. The highest BCUT2D eigenvalue weighted by Gasteiger charge is 2.35. The van der Waals surface area contributed by atoms with Crippen molar-refractivity contribution in [2.75, 3.05) is 5.32 Å². The molecule has 2 heterocycles. The van der Waals surface area contributed by atoms with Crippen molar-refractivity contribution in [3.63, 3.8) is 0 Å². The number of nitrogens with one attached hydrogen (secondary N) is 1. The Hall–Kier alpha value is -5.99. The zero-order valence-electron chi connectivity index (χ0n) is 30.9. The smallest absolute Gasteiger partial charge is 0.167 e. The van der Waals surface area contributed by atoms with E-state index in [0.29, 0.717) is 5.92 Å². The van der Waals surface area contributed by atoms with E-state index >= 15 is 4.57 Å². The second kappa shape index (κ2) is 13.1. The summed E-state index contributed by atoms with van der Waals surface area (Å²) in [6.45, 7) is 2.20. The summed E-state index contributed by atoms with van der Waals surface area (Å²) in [6.07, 6.45) is 7.17. The molecule has 0 radical (unpaired) electrons. The standard InChI is InChI=1S/C52H38NOPS/c1-33-14-11-18-37(30-33)55(54,36-16-3-2-4-17-36)38-19-12-15-34(31-38)39-25-13-26-47-49(39)50-45-24-9-10-27-48(45)56-52(50)51(53-47)35-28-29-44-42-22-6-5-20-40(42)41-21-7-8-23-43(41)46(44)32-35/h2-29,31-33,51,53H,30H2,1H3. The van der Waals surface area contributed by atoms with Crippen LogP contribution in [0.5, 0.6) is 0 Å². The van der Waals surface area contributed by atoms with Crippen LogP contribution in [0, 0.1) is 5.92 Å². The van der Waals surface area contributed by atoms with Crippen LogP contribution in [-0.2, 0) is 4.57 Å². The molecule has 9 aromatic rings. The number of rotatable bonds is 5. The summed E-state index contributed by atoms with van der Waals surface area (Å²) in [6, 6.07) is 58.7. The molecule has 56 heavy (non-hydrogen) atoms. The second-order valence-corrected chi connectivity index (χ2v) is 19.2. The van der Waals surface area contributed by atoms with Gasteiger partial charge in [0.05, 0.1) is 6.04 Å². The van der Waals surface area contributed by atoms with E-state index in [4.69, 9.17) is 0 Å². The van der Waals surface area contributed by atoms with Gasteiger partial charge in [0.15, 0.2) is 7.14 Å². The second-order valence-electron chi connectivity index (χ2n) is 15.3. The Bertz CT molecular complexity index is 3120. The number of allylic oxidation sites excluding steroid dienone is 4. The van der Waals surface area contributed by atoms with Crippen molar-refractivity contribution in [1.29, 1.82) is 0 Å². The summed E-state index contributed by atoms with van der Waals surface area (Å²) in [5.41, 5.74) is 7.06. The maximum absolute atomic E-state index is 15.7. The minimum absolute atomic E-state index is 0.0299. The van der Waals surface area contributed by atoms with Crippen molar-refractivity contribution in [2.45, 2.75) is 19.4 Å². The summed E-state index contributed by atoms with van der Waals surface area (Å²) < 4.78 is 16.9. The van der Waals surface area contributed by atoms with Gasteiger partial charge >= 0.3 is 0 Å². The van der Waals surface area contributed by atoms with Crippen LogP contribution in [-0.4, -0.2) is 0 Å². The molecule has 1 aromatic heterocycles. The zero-order valence-corrected chi connectivity index (χ0v) is 32.7. The number of hydrogen-bond donors (Lipinski definition) is 1. The van der Waals surface area contributed by atoms with Crippen LogP contribution in [0.3, 0.4) is 0 Å². The summed E-state index contributed by atoms with van der Waals surface area (Å²) in [5.74, 6) is 0.335. The van der Waals surface area contributed by atoms with Crippen LogP contribution < -0.4 is 15.9 Å².